The zero-order valence-electron chi connectivity index (χ0n) is 20.8. The maximum absolute atomic E-state index is 14.9. The van der Waals surface area contributed by atoms with Crippen LogP contribution in [0.3, 0.4) is 0 Å². The minimum absolute atomic E-state index is 0.0205. The van der Waals surface area contributed by atoms with E-state index in [1.807, 2.05) is 10.8 Å². The van der Waals surface area contributed by atoms with Crippen molar-refractivity contribution in [1.29, 1.82) is 0 Å². The molecule has 2 aromatic heterocycles. The highest BCUT2D eigenvalue weighted by atomic mass is 79.9. The quantitative estimate of drug-likeness (QED) is 0.176. The van der Waals surface area contributed by atoms with E-state index >= 15 is 0 Å². The van der Waals surface area contributed by atoms with Crippen molar-refractivity contribution in [1.82, 2.24) is 9.55 Å². The normalized spacial score (nSPS) is 14.3. The molecule has 0 atom stereocenters. The van der Waals surface area contributed by atoms with Gasteiger partial charge in [-0.1, -0.05) is 19.6 Å². The zero-order valence-corrected chi connectivity index (χ0v) is 23.4. The number of aromatic nitrogens is 2. The summed E-state index contributed by atoms with van der Waals surface area (Å²) < 4.78 is 48.9. The fraction of sp³-hybridized carbons (Fsp3) is 0.462. The summed E-state index contributed by atoms with van der Waals surface area (Å²) in [6.07, 6.45) is 4.43. The van der Waals surface area contributed by atoms with Crippen LogP contribution in [-0.2, 0) is 27.4 Å². The molecule has 0 unspecified atom stereocenters. The predicted molar refractivity (Wildman–Crippen MR) is 140 cm³/mol. The van der Waals surface area contributed by atoms with E-state index in [0.29, 0.717) is 54.4 Å². The summed E-state index contributed by atoms with van der Waals surface area (Å²) in [6, 6.07) is 4.93. The van der Waals surface area contributed by atoms with Crippen molar-refractivity contribution in [2.75, 3.05) is 19.8 Å². The summed E-state index contributed by atoms with van der Waals surface area (Å²) in [4.78, 5) is 16.7. The average Bonchev–Trinajstić information content (AvgIpc) is 3.08. The second-order valence-corrected chi connectivity index (χ2v) is 16.9. The molecule has 0 bridgehead atoms. The number of halogens is 3. The van der Waals surface area contributed by atoms with Gasteiger partial charge in [-0.25, -0.2) is 13.8 Å². The molecule has 3 aromatic rings. The maximum Gasteiger partial charge on any atom is 0.198 e. The lowest BCUT2D eigenvalue weighted by atomic mass is 9.97. The van der Waals surface area contributed by atoms with Crippen LogP contribution in [0.25, 0.3) is 11.0 Å². The van der Waals surface area contributed by atoms with Crippen LogP contribution in [0.4, 0.5) is 8.78 Å². The third-order valence-electron chi connectivity index (χ3n) is 6.11. The van der Waals surface area contributed by atoms with Gasteiger partial charge in [0.15, 0.2) is 17.4 Å². The van der Waals surface area contributed by atoms with Gasteiger partial charge in [0.25, 0.3) is 0 Å². The van der Waals surface area contributed by atoms with E-state index in [2.05, 4.69) is 40.6 Å². The predicted octanol–water partition coefficient (Wildman–Crippen LogP) is 6.72. The molecule has 1 aromatic carbocycles. The van der Waals surface area contributed by atoms with Gasteiger partial charge >= 0.3 is 0 Å². The smallest absolute Gasteiger partial charge is 0.198 e. The van der Waals surface area contributed by atoms with Gasteiger partial charge in [-0.05, 0) is 52.2 Å². The van der Waals surface area contributed by atoms with Crippen molar-refractivity contribution in [3.63, 3.8) is 0 Å². The van der Waals surface area contributed by atoms with Crippen molar-refractivity contribution >= 4 is 40.8 Å². The van der Waals surface area contributed by atoms with Crippen LogP contribution in [0, 0.1) is 17.6 Å². The molecule has 0 N–H and O–H groups in total. The number of fused-ring (bicyclic) bond motifs is 1. The lowest BCUT2D eigenvalue weighted by Gasteiger charge is -2.25. The molecule has 0 spiro atoms. The number of hydrogen-bond donors (Lipinski definition) is 0. The summed E-state index contributed by atoms with van der Waals surface area (Å²) in [5, 5.41) is 0.587. The first-order valence-corrected chi connectivity index (χ1v) is 16.6. The van der Waals surface area contributed by atoms with Gasteiger partial charge in [0.1, 0.15) is 23.9 Å². The Hall–Kier alpha value is -2.14. The molecule has 0 saturated carbocycles. The molecule has 0 aliphatic carbocycles. The second kappa shape index (κ2) is 11.5. The van der Waals surface area contributed by atoms with Crippen molar-refractivity contribution in [3.8, 4) is 11.5 Å². The van der Waals surface area contributed by atoms with Crippen LogP contribution in [0.5, 0.6) is 11.5 Å². The number of ketones is 1. The minimum atomic E-state index is -1.20. The lowest BCUT2D eigenvalue weighted by molar-refractivity contribution is -0.119. The first-order chi connectivity index (χ1) is 17.1. The first-order valence-electron chi connectivity index (χ1n) is 12.1. The summed E-state index contributed by atoms with van der Waals surface area (Å²) in [5.41, 5.74) is 0.863. The highest BCUT2D eigenvalue weighted by Gasteiger charge is 2.21. The van der Waals surface area contributed by atoms with Gasteiger partial charge in [-0.15, -0.1) is 0 Å². The maximum atomic E-state index is 14.9. The molecule has 1 saturated heterocycles. The number of hydrogen-bond acceptors (Lipinski definition) is 5. The number of ether oxygens (including phenoxy) is 3. The molecule has 1 aliphatic heterocycles. The zero-order chi connectivity index (χ0) is 25.9. The highest BCUT2D eigenvalue weighted by molar-refractivity contribution is 9.10. The average molecular weight is 582 g/mol. The lowest BCUT2D eigenvalue weighted by Crippen LogP contribution is -2.28. The molecule has 0 radical (unpaired) electrons. The molecule has 194 valence electrons. The third-order valence-corrected chi connectivity index (χ3v) is 8.41. The molecular formula is C26H31BrF2N2O4Si. The third kappa shape index (κ3) is 6.79. The van der Waals surface area contributed by atoms with Crippen LogP contribution in [-0.4, -0.2) is 43.2 Å². The Labute approximate surface area is 219 Å². The van der Waals surface area contributed by atoms with Gasteiger partial charge in [0, 0.05) is 50.3 Å². The van der Waals surface area contributed by atoms with E-state index in [4.69, 9.17) is 14.2 Å². The molecule has 10 heteroatoms. The van der Waals surface area contributed by atoms with E-state index in [0.717, 1.165) is 24.6 Å². The van der Waals surface area contributed by atoms with E-state index in [9.17, 15) is 13.6 Å². The van der Waals surface area contributed by atoms with Crippen molar-refractivity contribution in [2.45, 2.75) is 51.7 Å². The number of pyridine rings is 1. The number of carbonyl (C=O) groups is 1. The number of carbonyl (C=O) groups excluding carboxylic acids is 1. The number of Topliss-reactive ketones (excluding diaryl/α,β-unsaturated/α-hetero) is 1. The molecule has 36 heavy (non-hydrogen) atoms. The van der Waals surface area contributed by atoms with Crippen LogP contribution < -0.4 is 4.74 Å². The Balaban J connectivity index is 1.46. The van der Waals surface area contributed by atoms with Gasteiger partial charge in [-0.2, -0.15) is 0 Å². The largest absolute Gasteiger partial charge is 0.450 e. The fourth-order valence-corrected chi connectivity index (χ4v) is 5.29. The Morgan fingerprint density at radius 3 is 2.61 bits per heavy atom. The van der Waals surface area contributed by atoms with Crippen molar-refractivity contribution in [2.24, 2.45) is 5.92 Å². The molecule has 4 rings (SSSR count). The van der Waals surface area contributed by atoms with Crippen LogP contribution in [0.1, 0.15) is 18.4 Å². The highest BCUT2D eigenvalue weighted by Crippen LogP contribution is 2.37. The van der Waals surface area contributed by atoms with Crippen molar-refractivity contribution in [3.05, 3.63) is 52.3 Å². The van der Waals surface area contributed by atoms with E-state index < -0.39 is 25.5 Å². The summed E-state index contributed by atoms with van der Waals surface area (Å²) >= 11 is 3.51. The minimum Gasteiger partial charge on any atom is -0.450 e. The van der Waals surface area contributed by atoms with Gasteiger partial charge in [0.05, 0.1) is 18.6 Å². The Morgan fingerprint density at radius 2 is 1.97 bits per heavy atom. The van der Waals surface area contributed by atoms with E-state index in [1.165, 1.54) is 6.20 Å². The van der Waals surface area contributed by atoms with Gasteiger partial charge in [0.2, 0.25) is 0 Å². The SMILES string of the molecule is C[Si](C)(C)CCOCn1cc(Br)c2c(Oc3c(F)cc(CC(=O)CCC4COC4)cc3F)ccnc21. The summed E-state index contributed by atoms with van der Waals surface area (Å²) in [7, 11) is -1.20. The molecule has 0 amide bonds. The molecular weight excluding hydrogens is 550 g/mol. The first kappa shape index (κ1) is 26.9. The Bertz CT molecular complexity index is 1220. The van der Waals surface area contributed by atoms with Crippen LogP contribution in [0.2, 0.25) is 25.7 Å². The monoisotopic (exact) mass is 580 g/mol. The number of benzene rings is 1. The van der Waals surface area contributed by atoms with Crippen LogP contribution in [0.15, 0.2) is 35.1 Å². The Morgan fingerprint density at radius 1 is 1.25 bits per heavy atom. The second-order valence-electron chi connectivity index (χ2n) is 10.5. The Kier molecular flexibility index (Phi) is 8.59. The van der Waals surface area contributed by atoms with Gasteiger partial charge in [-0.3, -0.25) is 4.79 Å². The number of nitrogens with zero attached hydrogens (tertiary/aromatic N) is 2. The van der Waals surface area contributed by atoms with Crippen LogP contribution >= 0.6 is 15.9 Å². The molecule has 1 fully saturated rings. The summed E-state index contributed by atoms with van der Waals surface area (Å²) in [6.45, 7) is 9.19. The molecule has 6 nitrogen and oxygen atoms in total. The van der Waals surface area contributed by atoms with E-state index in [1.54, 1.807) is 6.07 Å². The fourth-order valence-electron chi connectivity index (χ4n) is 3.92. The van der Waals surface area contributed by atoms with E-state index in [-0.39, 0.29) is 23.5 Å². The topological polar surface area (TPSA) is 62.6 Å². The number of rotatable bonds is 12. The summed E-state index contributed by atoms with van der Waals surface area (Å²) in [5.74, 6) is -1.63. The van der Waals surface area contributed by atoms with Gasteiger partial charge < -0.3 is 18.8 Å². The molecule has 3 heterocycles. The standard InChI is InChI=1S/C26H31BrF2N2O4Si/c1-36(2,3)9-8-33-16-31-13-20(27)24-23(6-7-30-26(24)31)35-25-21(28)11-18(12-22(25)29)10-19(32)5-4-17-14-34-15-17/h6-7,11-13,17H,4-5,8-10,14-16H2,1-3H3. The molecule has 1 aliphatic rings. The van der Waals surface area contributed by atoms with Crippen molar-refractivity contribution < 1.29 is 27.8 Å².